The minimum Gasteiger partial charge on any atom is -0.497 e. The van der Waals surface area contributed by atoms with Gasteiger partial charge in [0.1, 0.15) is 5.75 Å². The van der Waals surface area contributed by atoms with Crippen LogP contribution in [0, 0.1) is 0 Å². The van der Waals surface area contributed by atoms with Gasteiger partial charge in [-0.05, 0) is 36.4 Å². The summed E-state index contributed by atoms with van der Waals surface area (Å²) in [7, 11) is 5.64. The molecule has 2 rings (SSSR count). The zero-order valence-electron chi connectivity index (χ0n) is 11.0. The van der Waals surface area contributed by atoms with Crippen molar-refractivity contribution in [3.8, 4) is 5.75 Å². The normalized spacial score (nSPS) is 9.94. The SMILES string of the molecule is CNc1ccc(N(C)c2cccc(OC)c2)cc1. The van der Waals surface area contributed by atoms with Crippen molar-refractivity contribution in [3.05, 3.63) is 48.5 Å². The van der Waals surface area contributed by atoms with Gasteiger partial charge >= 0.3 is 0 Å². The third kappa shape index (κ3) is 2.56. The molecule has 3 nitrogen and oxygen atoms in total. The molecule has 0 saturated heterocycles. The van der Waals surface area contributed by atoms with Crippen molar-refractivity contribution in [1.82, 2.24) is 0 Å². The molecule has 94 valence electrons. The van der Waals surface area contributed by atoms with Gasteiger partial charge in [0.05, 0.1) is 7.11 Å². The van der Waals surface area contributed by atoms with E-state index in [1.54, 1.807) is 7.11 Å². The van der Waals surface area contributed by atoms with Crippen molar-refractivity contribution in [2.45, 2.75) is 0 Å². The van der Waals surface area contributed by atoms with Crippen LogP contribution in [0.15, 0.2) is 48.5 Å². The molecule has 0 spiro atoms. The van der Waals surface area contributed by atoms with Gasteiger partial charge in [0, 0.05) is 37.2 Å². The molecule has 0 fully saturated rings. The summed E-state index contributed by atoms with van der Waals surface area (Å²) >= 11 is 0. The van der Waals surface area contributed by atoms with E-state index in [1.807, 2.05) is 32.3 Å². The summed E-state index contributed by atoms with van der Waals surface area (Å²) < 4.78 is 5.24. The summed E-state index contributed by atoms with van der Waals surface area (Å²) in [4.78, 5) is 2.13. The Kier molecular flexibility index (Phi) is 3.72. The van der Waals surface area contributed by atoms with Crippen molar-refractivity contribution in [3.63, 3.8) is 0 Å². The summed E-state index contributed by atoms with van der Waals surface area (Å²) in [6.45, 7) is 0. The predicted molar refractivity (Wildman–Crippen MR) is 77.0 cm³/mol. The van der Waals surface area contributed by atoms with Gasteiger partial charge in [0.2, 0.25) is 0 Å². The van der Waals surface area contributed by atoms with E-state index in [0.29, 0.717) is 0 Å². The van der Waals surface area contributed by atoms with Crippen molar-refractivity contribution < 1.29 is 4.74 Å². The second kappa shape index (κ2) is 5.45. The Morgan fingerprint density at radius 2 is 1.72 bits per heavy atom. The first-order chi connectivity index (χ1) is 8.74. The van der Waals surface area contributed by atoms with Gasteiger partial charge in [-0.1, -0.05) is 6.07 Å². The third-order valence-corrected chi connectivity index (χ3v) is 2.98. The van der Waals surface area contributed by atoms with Crippen LogP contribution in [-0.4, -0.2) is 21.2 Å². The molecule has 0 bridgehead atoms. The summed E-state index contributed by atoms with van der Waals surface area (Å²) in [6, 6.07) is 16.3. The van der Waals surface area contributed by atoms with E-state index < -0.39 is 0 Å². The quantitative estimate of drug-likeness (QED) is 0.888. The molecule has 0 heterocycles. The maximum absolute atomic E-state index is 5.24. The van der Waals surface area contributed by atoms with Gasteiger partial charge < -0.3 is 15.0 Å². The molecule has 0 unspecified atom stereocenters. The first kappa shape index (κ1) is 12.3. The molecule has 2 aromatic rings. The monoisotopic (exact) mass is 242 g/mol. The van der Waals surface area contributed by atoms with Gasteiger partial charge in [-0.3, -0.25) is 0 Å². The van der Waals surface area contributed by atoms with Crippen LogP contribution in [0.3, 0.4) is 0 Å². The predicted octanol–water partition coefficient (Wildman–Crippen LogP) is 3.50. The average Bonchev–Trinajstić information content (AvgIpc) is 2.46. The van der Waals surface area contributed by atoms with E-state index in [1.165, 1.54) is 0 Å². The molecular weight excluding hydrogens is 224 g/mol. The van der Waals surface area contributed by atoms with Gasteiger partial charge in [-0.15, -0.1) is 0 Å². The lowest BCUT2D eigenvalue weighted by molar-refractivity contribution is 0.415. The number of nitrogens with zero attached hydrogens (tertiary/aromatic N) is 1. The molecule has 0 aliphatic carbocycles. The summed E-state index contributed by atoms with van der Waals surface area (Å²) in [5.74, 6) is 0.867. The Balaban J connectivity index is 2.25. The highest BCUT2D eigenvalue weighted by Gasteiger charge is 2.04. The molecule has 0 aromatic heterocycles. The van der Waals surface area contributed by atoms with Crippen LogP contribution in [0.4, 0.5) is 17.1 Å². The second-order valence-corrected chi connectivity index (χ2v) is 4.06. The number of benzene rings is 2. The lowest BCUT2D eigenvalue weighted by atomic mass is 10.2. The Bertz CT molecular complexity index is 508. The van der Waals surface area contributed by atoms with Gasteiger partial charge in [0.15, 0.2) is 0 Å². The number of methoxy groups -OCH3 is 1. The van der Waals surface area contributed by atoms with Crippen molar-refractivity contribution in [2.75, 3.05) is 31.4 Å². The van der Waals surface area contributed by atoms with E-state index >= 15 is 0 Å². The first-order valence-electron chi connectivity index (χ1n) is 5.90. The molecule has 0 radical (unpaired) electrons. The van der Waals surface area contributed by atoms with E-state index in [2.05, 4.69) is 40.5 Å². The molecule has 3 heteroatoms. The molecule has 1 N–H and O–H groups in total. The number of nitrogens with one attached hydrogen (secondary N) is 1. The number of rotatable bonds is 4. The highest BCUT2D eigenvalue weighted by atomic mass is 16.5. The minimum atomic E-state index is 0.867. The van der Waals surface area contributed by atoms with Crippen molar-refractivity contribution in [1.29, 1.82) is 0 Å². The average molecular weight is 242 g/mol. The largest absolute Gasteiger partial charge is 0.497 e. The number of anilines is 3. The van der Waals surface area contributed by atoms with Crippen molar-refractivity contribution >= 4 is 17.1 Å². The number of hydrogen-bond acceptors (Lipinski definition) is 3. The minimum absolute atomic E-state index is 0.867. The van der Waals surface area contributed by atoms with E-state index in [9.17, 15) is 0 Å². The fourth-order valence-electron chi connectivity index (χ4n) is 1.82. The highest BCUT2D eigenvalue weighted by Crippen LogP contribution is 2.27. The zero-order chi connectivity index (χ0) is 13.0. The molecule has 0 aliphatic rings. The molecule has 0 atom stereocenters. The lowest BCUT2D eigenvalue weighted by Gasteiger charge is -2.20. The van der Waals surface area contributed by atoms with E-state index in [0.717, 1.165) is 22.8 Å². The fraction of sp³-hybridized carbons (Fsp3) is 0.200. The third-order valence-electron chi connectivity index (χ3n) is 2.98. The maximum Gasteiger partial charge on any atom is 0.120 e. The van der Waals surface area contributed by atoms with E-state index in [-0.39, 0.29) is 0 Å². The number of hydrogen-bond donors (Lipinski definition) is 1. The highest BCUT2D eigenvalue weighted by molar-refractivity contribution is 5.65. The Hall–Kier alpha value is -2.16. The van der Waals surface area contributed by atoms with Crippen LogP contribution in [0.2, 0.25) is 0 Å². The molecular formula is C15H18N2O. The van der Waals surface area contributed by atoms with Crippen LogP contribution in [-0.2, 0) is 0 Å². The van der Waals surface area contributed by atoms with Crippen LogP contribution in [0.1, 0.15) is 0 Å². The zero-order valence-corrected chi connectivity index (χ0v) is 11.0. The Morgan fingerprint density at radius 1 is 1.00 bits per heavy atom. The van der Waals surface area contributed by atoms with Crippen LogP contribution in [0.5, 0.6) is 5.75 Å². The topological polar surface area (TPSA) is 24.5 Å². The summed E-state index contributed by atoms with van der Waals surface area (Å²) in [5.41, 5.74) is 3.35. The second-order valence-electron chi connectivity index (χ2n) is 4.06. The molecule has 18 heavy (non-hydrogen) atoms. The van der Waals surface area contributed by atoms with Crippen molar-refractivity contribution in [2.24, 2.45) is 0 Å². The van der Waals surface area contributed by atoms with Crippen LogP contribution < -0.4 is 15.0 Å². The molecule has 0 saturated carbocycles. The molecule has 2 aromatic carbocycles. The standard InChI is InChI=1S/C15H18N2O/c1-16-12-7-9-13(10-8-12)17(2)14-5-4-6-15(11-14)18-3/h4-11,16H,1-3H3. The van der Waals surface area contributed by atoms with Gasteiger partial charge in [-0.25, -0.2) is 0 Å². The lowest BCUT2D eigenvalue weighted by Crippen LogP contribution is -2.09. The molecule has 0 aliphatic heterocycles. The molecule has 0 amide bonds. The Morgan fingerprint density at radius 3 is 2.33 bits per heavy atom. The van der Waals surface area contributed by atoms with Gasteiger partial charge in [-0.2, -0.15) is 0 Å². The number of ether oxygens (including phenoxy) is 1. The first-order valence-corrected chi connectivity index (χ1v) is 5.90. The van der Waals surface area contributed by atoms with Crippen LogP contribution >= 0.6 is 0 Å². The summed E-state index contributed by atoms with van der Waals surface area (Å²) in [6.07, 6.45) is 0. The van der Waals surface area contributed by atoms with Gasteiger partial charge in [0.25, 0.3) is 0 Å². The maximum atomic E-state index is 5.24. The smallest absolute Gasteiger partial charge is 0.120 e. The summed E-state index contributed by atoms with van der Waals surface area (Å²) in [5, 5.41) is 3.11. The van der Waals surface area contributed by atoms with E-state index in [4.69, 9.17) is 4.74 Å². The Labute approximate surface area is 108 Å². The fourth-order valence-corrected chi connectivity index (χ4v) is 1.82. The van der Waals surface area contributed by atoms with Crippen LogP contribution in [0.25, 0.3) is 0 Å².